The molecule has 0 bridgehead atoms. The van der Waals surface area contributed by atoms with E-state index in [0.717, 1.165) is 17.7 Å². The molecule has 4 N–H and O–H groups in total. The number of nitrogen functional groups attached to an aromatic ring is 1. The van der Waals surface area contributed by atoms with Gasteiger partial charge in [0.05, 0.1) is 6.04 Å². The monoisotopic (exact) mass is 292 g/mol. The Balaban J connectivity index is 2.18. The number of nitrogens with one attached hydrogen (secondary N) is 2. The maximum Gasteiger partial charge on any atom is 0.251 e. The number of nitrogens with zero attached hydrogens (tertiary/aromatic N) is 1. The summed E-state index contributed by atoms with van der Waals surface area (Å²) in [5.74, 6) is 2.55. The highest BCUT2D eigenvalue weighted by Gasteiger charge is 2.16. The van der Waals surface area contributed by atoms with Crippen LogP contribution in [-0.2, 0) is 0 Å². The fourth-order valence-corrected chi connectivity index (χ4v) is 1.86. The van der Waals surface area contributed by atoms with Crippen LogP contribution in [0.5, 0.6) is 0 Å². The second-order valence-electron chi connectivity index (χ2n) is 4.43. The summed E-state index contributed by atoms with van der Waals surface area (Å²) in [6, 6.07) is 5.01. The minimum Gasteiger partial charge on any atom is -0.346 e. The second kappa shape index (κ2) is 6.27. The maximum atomic E-state index is 13.6. The van der Waals surface area contributed by atoms with Gasteiger partial charge in [0.15, 0.2) is 11.6 Å². The molecule has 7 heteroatoms. The quantitative estimate of drug-likeness (QED) is 0.596. The lowest BCUT2D eigenvalue weighted by Crippen LogP contribution is -2.27. The van der Waals surface area contributed by atoms with Gasteiger partial charge in [0, 0.05) is 18.0 Å². The number of hydrogen-bond donors (Lipinski definition) is 3. The minimum atomic E-state index is -0.931. The zero-order valence-electron chi connectivity index (χ0n) is 11.2. The third-order valence-electron chi connectivity index (χ3n) is 3.00. The third-order valence-corrected chi connectivity index (χ3v) is 3.00. The highest BCUT2D eigenvalue weighted by atomic mass is 19.1. The van der Waals surface area contributed by atoms with Crippen LogP contribution in [0.25, 0.3) is 0 Å². The van der Waals surface area contributed by atoms with Gasteiger partial charge in [0.25, 0.3) is 5.91 Å². The fraction of sp³-hybridized carbons (Fsp3) is 0.143. The smallest absolute Gasteiger partial charge is 0.251 e. The number of pyridine rings is 1. The SMILES string of the molecule is CC(NC(=O)c1cc(F)c(NN)c(F)c1)c1ccncc1. The molecule has 110 valence electrons. The van der Waals surface area contributed by atoms with Gasteiger partial charge in [0.1, 0.15) is 5.69 Å². The van der Waals surface area contributed by atoms with E-state index in [2.05, 4.69) is 10.3 Å². The molecule has 0 saturated carbocycles. The normalized spacial score (nSPS) is 11.8. The predicted octanol–water partition coefficient (Wildman–Crippen LogP) is 2.14. The van der Waals surface area contributed by atoms with E-state index in [9.17, 15) is 13.6 Å². The first kappa shape index (κ1) is 14.9. The lowest BCUT2D eigenvalue weighted by atomic mass is 10.1. The molecule has 1 aromatic heterocycles. The van der Waals surface area contributed by atoms with Crippen molar-refractivity contribution in [3.8, 4) is 0 Å². The summed E-state index contributed by atoms with van der Waals surface area (Å²) in [5, 5.41) is 2.65. The van der Waals surface area contributed by atoms with E-state index < -0.39 is 23.2 Å². The molecule has 1 aromatic carbocycles. The summed E-state index contributed by atoms with van der Waals surface area (Å²) in [7, 11) is 0. The van der Waals surface area contributed by atoms with Crippen molar-refractivity contribution in [1.82, 2.24) is 10.3 Å². The molecule has 0 aliphatic rings. The van der Waals surface area contributed by atoms with E-state index in [4.69, 9.17) is 5.84 Å². The number of hydrazine groups is 1. The average molecular weight is 292 g/mol. The maximum absolute atomic E-state index is 13.6. The van der Waals surface area contributed by atoms with E-state index >= 15 is 0 Å². The van der Waals surface area contributed by atoms with Crippen LogP contribution in [0.1, 0.15) is 28.9 Å². The molecule has 0 fully saturated rings. The molecule has 1 atom stereocenters. The molecule has 1 amide bonds. The standard InChI is InChI=1S/C14H14F2N4O/c1-8(9-2-4-18-5-3-9)19-14(21)10-6-11(15)13(20-17)12(16)7-10/h2-8,20H,17H2,1H3,(H,19,21). The van der Waals surface area contributed by atoms with E-state index in [-0.39, 0.29) is 11.6 Å². The van der Waals surface area contributed by atoms with Gasteiger partial charge in [0.2, 0.25) is 0 Å². The largest absolute Gasteiger partial charge is 0.346 e. The minimum absolute atomic E-state index is 0.120. The Bertz CT molecular complexity index is 626. The number of halogens is 2. The number of nitrogens with two attached hydrogens (primary N) is 1. The molecule has 0 saturated heterocycles. The van der Waals surface area contributed by atoms with Crippen LogP contribution < -0.4 is 16.6 Å². The van der Waals surface area contributed by atoms with Gasteiger partial charge in [-0.1, -0.05) is 0 Å². The van der Waals surface area contributed by atoms with Gasteiger partial charge in [-0.15, -0.1) is 0 Å². The van der Waals surface area contributed by atoms with E-state index in [0.29, 0.717) is 0 Å². The van der Waals surface area contributed by atoms with Crippen molar-refractivity contribution in [2.45, 2.75) is 13.0 Å². The van der Waals surface area contributed by atoms with E-state index in [1.807, 2.05) is 5.43 Å². The molecule has 0 radical (unpaired) electrons. The van der Waals surface area contributed by atoms with Crippen molar-refractivity contribution in [2.24, 2.45) is 5.84 Å². The molecule has 1 heterocycles. The molecule has 5 nitrogen and oxygen atoms in total. The summed E-state index contributed by atoms with van der Waals surface area (Å²) >= 11 is 0. The van der Waals surface area contributed by atoms with Gasteiger partial charge in [-0.05, 0) is 36.8 Å². The number of amides is 1. The molecule has 0 aliphatic carbocycles. The summed E-state index contributed by atoms with van der Waals surface area (Å²) in [4.78, 5) is 15.9. The van der Waals surface area contributed by atoms with Crippen LogP contribution in [-0.4, -0.2) is 10.9 Å². The third kappa shape index (κ3) is 3.32. The summed E-state index contributed by atoms with van der Waals surface area (Å²) in [6.45, 7) is 1.76. The lowest BCUT2D eigenvalue weighted by molar-refractivity contribution is 0.0939. The van der Waals surface area contributed by atoms with Crippen molar-refractivity contribution < 1.29 is 13.6 Å². The first-order valence-corrected chi connectivity index (χ1v) is 6.19. The number of rotatable bonds is 4. The van der Waals surface area contributed by atoms with Gasteiger partial charge < -0.3 is 10.7 Å². The first-order chi connectivity index (χ1) is 10.0. The highest BCUT2D eigenvalue weighted by Crippen LogP contribution is 2.20. The van der Waals surface area contributed by atoms with Crippen molar-refractivity contribution in [3.05, 3.63) is 59.4 Å². The Morgan fingerprint density at radius 3 is 2.33 bits per heavy atom. The van der Waals surface area contributed by atoms with Crippen LogP contribution in [0.2, 0.25) is 0 Å². The Hall–Kier alpha value is -2.54. The molecule has 2 aromatic rings. The van der Waals surface area contributed by atoms with Crippen molar-refractivity contribution >= 4 is 11.6 Å². The van der Waals surface area contributed by atoms with Crippen molar-refractivity contribution in [3.63, 3.8) is 0 Å². The molecule has 21 heavy (non-hydrogen) atoms. The molecule has 0 aliphatic heterocycles. The number of carbonyl (C=O) groups excluding carboxylic acids is 1. The zero-order valence-corrected chi connectivity index (χ0v) is 11.2. The van der Waals surface area contributed by atoms with Crippen LogP contribution in [0.4, 0.5) is 14.5 Å². The second-order valence-corrected chi connectivity index (χ2v) is 4.43. The Labute approximate surface area is 120 Å². The number of hydrogen-bond acceptors (Lipinski definition) is 4. The Kier molecular flexibility index (Phi) is 4.44. The summed E-state index contributed by atoms with van der Waals surface area (Å²) < 4.78 is 27.1. The van der Waals surface area contributed by atoms with Gasteiger partial charge in [-0.25, -0.2) is 8.78 Å². The fourth-order valence-electron chi connectivity index (χ4n) is 1.86. The predicted molar refractivity (Wildman–Crippen MR) is 74.3 cm³/mol. The Morgan fingerprint density at radius 1 is 1.24 bits per heavy atom. The highest BCUT2D eigenvalue weighted by molar-refractivity contribution is 5.94. The number of anilines is 1. The Morgan fingerprint density at radius 2 is 1.81 bits per heavy atom. The first-order valence-electron chi connectivity index (χ1n) is 6.19. The van der Waals surface area contributed by atoms with Crippen LogP contribution >= 0.6 is 0 Å². The number of carbonyl (C=O) groups is 1. The van der Waals surface area contributed by atoms with E-state index in [1.54, 1.807) is 31.5 Å². The van der Waals surface area contributed by atoms with E-state index in [1.165, 1.54) is 0 Å². The van der Waals surface area contributed by atoms with Crippen LogP contribution in [0.3, 0.4) is 0 Å². The lowest BCUT2D eigenvalue weighted by Gasteiger charge is -2.14. The van der Waals surface area contributed by atoms with Crippen molar-refractivity contribution in [1.29, 1.82) is 0 Å². The molecular formula is C14H14F2N4O. The van der Waals surface area contributed by atoms with Gasteiger partial charge in [-0.3, -0.25) is 15.6 Å². The van der Waals surface area contributed by atoms with Crippen molar-refractivity contribution in [2.75, 3.05) is 5.43 Å². The van der Waals surface area contributed by atoms with Crippen LogP contribution in [0.15, 0.2) is 36.7 Å². The average Bonchev–Trinajstić information content (AvgIpc) is 2.47. The molecule has 0 spiro atoms. The zero-order chi connectivity index (χ0) is 15.4. The molecular weight excluding hydrogens is 278 g/mol. The number of benzene rings is 1. The number of aromatic nitrogens is 1. The van der Waals surface area contributed by atoms with Gasteiger partial charge >= 0.3 is 0 Å². The summed E-state index contributed by atoms with van der Waals surface area (Å²) in [5.41, 5.74) is 2.14. The molecule has 1 unspecified atom stereocenters. The summed E-state index contributed by atoms with van der Waals surface area (Å²) in [6.07, 6.45) is 3.19. The van der Waals surface area contributed by atoms with Gasteiger partial charge in [-0.2, -0.15) is 0 Å². The topological polar surface area (TPSA) is 80.0 Å². The molecule has 2 rings (SSSR count). The van der Waals surface area contributed by atoms with Crippen LogP contribution in [0, 0.1) is 11.6 Å².